The zero-order valence-electron chi connectivity index (χ0n) is 20.8. The number of carbonyl (C=O) groups excluding carboxylic acids is 1. The number of sulfonamides is 1. The van der Waals surface area contributed by atoms with Crippen LogP contribution in [0.2, 0.25) is 10.0 Å². The van der Waals surface area contributed by atoms with Crippen LogP contribution in [-0.4, -0.2) is 38.9 Å². The second-order valence-electron chi connectivity index (χ2n) is 9.33. The molecule has 1 aliphatic rings. The number of halogens is 2. The van der Waals surface area contributed by atoms with Crippen molar-refractivity contribution < 1.29 is 13.2 Å². The lowest BCUT2D eigenvalue weighted by molar-refractivity contribution is -0.119. The lowest BCUT2D eigenvalue weighted by Gasteiger charge is -2.27. The molecule has 6 nitrogen and oxygen atoms in total. The third kappa shape index (κ3) is 7.26. The van der Waals surface area contributed by atoms with Gasteiger partial charge in [-0.25, -0.2) is 8.42 Å². The Morgan fingerprint density at radius 1 is 0.919 bits per heavy atom. The molecule has 0 saturated carbocycles. The minimum Gasteiger partial charge on any atom is -0.350 e. The van der Waals surface area contributed by atoms with E-state index in [-0.39, 0.29) is 20.6 Å². The fourth-order valence-electron chi connectivity index (χ4n) is 4.46. The summed E-state index contributed by atoms with van der Waals surface area (Å²) in [4.78, 5) is 15.6. The molecule has 0 atom stereocenters. The molecule has 0 aromatic heterocycles. The van der Waals surface area contributed by atoms with E-state index in [9.17, 15) is 13.2 Å². The van der Waals surface area contributed by atoms with Crippen molar-refractivity contribution in [3.05, 3.63) is 93.5 Å². The molecule has 1 heterocycles. The summed E-state index contributed by atoms with van der Waals surface area (Å²) in [5, 5.41) is 3.46. The van der Waals surface area contributed by atoms with Crippen LogP contribution in [0.4, 0.5) is 5.69 Å². The third-order valence-corrected chi connectivity index (χ3v) is 8.69. The fraction of sp³-hybridized carbons (Fsp3) is 0.321. The summed E-state index contributed by atoms with van der Waals surface area (Å²) < 4.78 is 28.3. The van der Waals surface area contributed by atoms with Crippen molar-refractivity contribution in [1.29, 1.82) is 0 Å². The number of nitrogens with zero attached hydrogens (tertiary/aromatic N) is 2. The molecular formula is C28H31Cl2N3O3S. The van der Waals surface area contributed by atoms with Crippen LogP contribution < -0.4 is 9.62 Å². The van der Waals surface area contributed by atoms with Gasteiger partial charge in [-0.2, -0.15) is 0 Å². The van der Waals surface area contributed by atoms with E-state index >= 15 is 0 Å². The van der Waals surface area contributed by atoms with Crippen molar-refractivity contribution in [2.45, 2.75) is 44.2 Å². The van der Waals surface area contributed by atoms with Gasteiger partial charge in [-0.1, -0.05) is 71.6 Å². The van der Waals surface area contributed by atoms with Gasteiger partial charge in [0, 0.05) is 23.1 Å². The highest BCUT2D eigenvalue weighted by Gasteiger charge is 2.28. The zero-order valence-corrected chi connectivity index (χ0v) is 23.1. The minimum absolute atomic E-state index is 0.0777. The van der Waals surface area contributed by atoms with Crippen molar-refractivity contribution in [3.63, 3.8) is 0 Å². The van der Waals surface area contributed by atoms with Crippen molar-refractivity contribution in [2.24, 2.45) is 0 Å². The lowest BCUT2D eigenvalue weighted by Crippen LogP contribution is -2.40. The van der Waals surface area contributed by atoms with Crippen LogP contribution in [0.1, 0.15) is 36.0 Å². The van der Waals surface area contributed by atoms with E-state index in [1.165, 1.54) is 49.6 Å². The summed E-state index contributed by atoms with van der Waals surface area (Å²) in [6.07, 6.45) is 3.68. The Morgan fingerprint density at radius 2 is 1.54 bits per heavy atom. The van der Waals surface area contributed by atoms with Crippen LogP contribution in [0.5, 0.6) is 0 Å². The van der Waals surface area contributed by atoms with Crippen molar-refractivity contribution in [3.8, 4) is 0 Å². The molecule has 1 N–H and O–H groups in total. The summed E-state index contributed by atoms with van der Waals surface area (Å²) in [7, 11) is -4.06. The summed E-state index contributed by atoms with van der Waals surface area (Å²) in [5.74, 6) is -0.431. The molecule has 0 radical (unpaired) electrons. The first kappa shape index (κ1) is 27.5. The number of hydrogen-bond acceptors (Lipinski definition) is 4. The number of amides is 1. The molecular weight excluding hydrogens is 529 g/mol. The van der Waals surface area contributed by atoms with Gasteiger partial charge in [0.25, 0.3) is 10.0 Å². The summed E-state index contributed by atoms with van der Waals surface area (Å²) in [5.41, 5.74) is 3.33. The molecule has 37 heavy (non-hydrogen) atoms. The number of nitrogens with one attached hydrogen (secondary N) is 1. The van der Waals surface area contributed by atoms with Gasteiger partial charge in [-0.05, 0) is 74.3 Å². The average molecular weight is 561 g/mol. The number of aryl methyl sites for hydroxylation is 1. The van der Waals surface area contributed by atoms with Crippen LogP contribution >= 0.6 is 23.2 Å². The zero-order chi connectivity index (χ0) is 26.4. The van der Waals surface area contributed by atoms with Gasteiger partial charge in [0.05, 0.1) is 10.6 Å². The molecule has 4 rings (SSSR count). The molecule has 1 aliphatic heterocycles. The van der Waals surface area contributed by atoms with Crippen LogP contribution in [0.3, 0.4) is 0 Å². The molecule has 3 aromatic rings. The van der Waals surface area contributed by atoms with Crippen molar-refractivity contribution in [1.82, 2.24) is 10.2 Å². The standard InChI is InChI=1S/C28H31Cl2N3O3S/c1-21-9-11-27(12-10-21)37(35,36)33(26-16-24(29)15-25(30)17-26)20-28(34)31-18-22-7-3-4-8-23(22)19-32-13-5-2-6-14-32/h3-4,7-12,15-17H,2,5-6,13-14,18-20H2,1H3,(H,31,34). The molecule has 3 aromatic carbocycles. The Bertz CT molecular complexity index is 1320. The maximum atomic E-state index is 13.6. The Kier molecular flexibility index (Phi) is 9.13. The second-order valence-corrected chi connectivity index (χ2v) is 12.1. The van der Waals surface area contributed by atoms with Crippen LogP contribution in [0, 0.1) is 6.92 Å². The first-order chi connectivity index (χ1) is 17.7. The van der Waals surface area contributed by atoms with E-state index in [0.29, 0.717) is 6.54 Å². The molecule has 0 unspecified atom stereocenters. The number of piperidine rings is 1. The molecule has 0 bridgehead atoms. The number of hydrogen-bond donors (Lipinski definition) is 1. The first-order valence-electron chi connectivity index (χ1n) is 12.3. The lowest BCUT2D eigenvalue weighted by atomic mass is 10.0. The quantitative estimate of drug-likeness (QED) is 0.359. The normalized spacial score (nSPS) is 14.4. The minimum atomic E-state index is -4.06. The van der Waals surface area contributed by atoms with E-state index in [2.05, 4.69) is 16.3 Å². The highest BCUT2D eigenvalue weighted by Crippen LogP contribution is 2.29. The smallest absolute Gasteiger partial charge is 0.264 e. The molecule has 0 aliphatic carbocycles. The van der Waals surface area contributed by atoms with E-state index in [1.54, 1.807) is 12.1 Å². The Balaban J connectivity index is 1.53. The van der Waals surface area contributed by atoms with Crippen LogP contribution in [0.15, 0.2) is 71.6 Å². The molecule has 196 valence electrons. The number of rotatable bonds is 9. The summed E-state index contributed by atoms with van der Waals surface area (Å²) in [6.45, 7) is 4.75. The molecule has 1 amide bonds. The number of anilines is 1. The molecule has 9 heteroatoms. The predicted octanol–water partition coefficient (Wildman–Crippen LogP) is 5.80. The van der Waals surface area contributed by atoms with Gasteiger partial charge in [-0.15, -0.1) is 0 Å². The van der Waals surface area contributed by atoms with E-state index in [1.807, 2.05) is 25.1 Å². The fourth-order valence-corrected chi connectivity index (χ4v) is 6.38. The van der Waals surface area contributed by atoms with Crippen LogP contribution in [-0.2, 0) is 27.9 Å². The largest absolute Gasteiger partial charge is 0.350 e. The maximum Gasteiger partial charge on any atom is 0.264 e. The molecule has 0 spiro atoms. The second kappa shape index (κ2) is 12.3. The highest BCUT2D eigenvalue weighted by atomic mass is 35.5. The average Bonchev–Trinajstić information content (AvgIpc) is 2.87. The Hall–Kier alpha value is -2.58. The van der Waals surface area contributed by atoms with Crippen molar-refractivity contribution >= 4 is 44.8 Å². The van der Waals surface area contributed by atoms with Gasteiger partial charge < -0.3 is 5.32 Å². The van der Waals surface area contributed by atoms with Gasteiger partial charge in [0.15, 0.2) is 0 Å². The topological polar surface area (TPSA) is 69.7 Å². The van der Waals surface area contributed by atoms with Crippen LogP contribution in [0.25, 0.3) is 0 Å². The monoisotopic (exact) mass is 559 g/mol. The van der Waals surface area contributed by atoms with Gasteiger partial charge in [0.1, 0.15) is 6.54 Å². The maximum absolute atomic E-state index is 13.6. The van der Waals surface area contributed by atoms with E-state index < -0.39 is 22.5 Å². The Labute approximate surface area is 229 Å². The third-order valence-electron chi connectivity index (χ3n) is 6.47. The number of benzene rings is 3. The van der Waals surface area contributed by atoms with Gasteiger partial charge in [-0.3, -0.25) is 14.0 Å². The summed E-state index contributed by atoms with van der Waals surface area (Å²) >= 11 is 12.4. The highest BCUT2D eigenvalue weighted by molar-refractivity contribution is 7.92. The molecule has 1 fully saturated rings. The predicted molar refractivity (Wildman–Crippen MR) is 150 cm³/mol. The van der Waals surface area contributed by atoms with Crippen molar-refractivity contribution in [2.75, 3.05) is 23.9 Å². The van der Waals surface area contributed by atoms with E-state index in [4.69, 9.17) is 23.2 Å². The SMILES string of the molecule is Cc1ccc(S(=O)(=O)N(CC(=O)NCc2ccccc2CN2CCCCC2)c2cc(Cl)cc(Cl)c2)cc1. The number of likely N-dealkylation sites (tertiary alicyclic amines) is 1. The summed E-state index contributed by atoms with van der Waals surface area (Å²) in [6, 6.07) is 19.0. The first-order valence-corrected chi connectivity index (χ1v) is 14.5. The van der Waals surface area contributed by atoms with Gasteiger partial charge in [0.2, 0.25) is 5.91 Å². The van der Waals surface area contributed by atoms with Gasteiger partial charge >= 0.3 is 0 Å². The Morgan fingerprint density at radius 3 is 2.19 bits per heavy atom. The molecule has 1 saturated heterocycles. The number of carbonyl (C=O) groups is 1. The van der Waals surface area contributed by atoms with E-state index in [0.717, 1.165) is 40.6 Å².